The third-order valence-corrected chi connectivity index (χ3v) is 3.17. The van der Waals surface area contributed by atoms with E-state index in [4.69, 9.17) is 4.84 Å². The highest BCUT2D eigenvalue weighted by Crippen LogP contribution is 2.12. The molecule has 1 aromatic rings. The Morgan fingerprint density at radius 2 is 2.17 bits per heavy atom. The van der Waals surface area contributed by atoms with E-state index in [-0.39, 0.29) is 5.91 Å². The molecule has 0 bridgehead atoms. The van der Waals surface area contributed by atoms with Gasteiger partial charge in [0, 0.05) is 13.6 Å². The van der Waals surface area contributed by atoms with Gasteiger partial charge in [-0.1, -0.05) is 6.07 Å². The lowest BCUT2D eigenvalue weighted by Crippen LogP contribution is -2.27. The molecule has 0 spiro atoms. The molecule has 0 N–H and O–H groups in total. The fraction of sp³-hybridized carbons (Fsp3) is 0.538. The van der Waals surface area contributed by atoms with Crippen LogP contribution in [0, 0.1) is 0 Å². The summed E-state index contributed by atoms with van der Waals surface area (Å²) >= 11 is 0. The molecule has 1 amide bonds. The van der Waals surface area contributed by atoms with E-state index < -0.39 is 0 Å². The lowest BCUT2D eigenvalue weighted by molar-refractivity contribution is -0.0760. The SMILES string of the molecule is CON(C)C(=O)c1cccc(CN2CCCC2)n1. The van der Waals surface area contributed by atoms with Gasteiger partial charge in [-0.05, 0) is 38.1 Å². The fourth-order valence-electron chi connectivity index (χ4n) is 2.10. The number of carbonyl (C=O) groups excluding carboxylic acids is 1. The smallest absolute Gasteiger partial charge is 0.295 e. The average molecular weight is 249 g/mol. The average Bonchev–Trinajstić information content (AvgIpc) is 2.90. The number of amides is 1. The molecule has 0 saturated carbocycles. The second kappa shape index (κ2) is 5.93. The lowest BCUT2D eigenvalue weighted by atomic mass is 10.2. The van der Waals surface area contributed by atoms with Crippen LogP contribution in [-0.2, 0) is 11.4 Å². The second-order valence-corrected chi connectivity index (χ2v) is 4.48. The summed E-state index contributed by atoms with van der Waals surface area (Å²) in [7, 11) is 3.04. The van der Waals surface area contributed by atoms with Crippen LogP contribution in [0.4, 0.5) is 0 Å². The molecule has 1 aliphatic heterocycles. The van der Waals surface area contributed by atoms with Crippen molar-refractivity contribution in [3.8, 4) is 0 Å². The minimum atomic E-state index is -0.222. The van der Waals surface area contributed by atoms with E-state index in [0.29, 0.717) is 5.69 Å². The molecule has 0 unspecified atom stereocenters. The maximum absolute atomic E-state index is 11.9. The number of hydroxylamine groups is 2. The molecule has 2 heterocycles. The predicted molar refractivity (Wildman–Crippen MR) is 67.9 cm³/mol. The van der Waals surface area contributed by atoms with Crippen LogP contribution >= 0.6 is 0 Å². The summed E-state index contributed by atoms with van der Waals surface area (Å²) in [5, 5.41) is 1.18. The second-order valence-electron chi connectivity index (χ2n) is 4.48. The van der Waals surface area contributed by atoms with Gasteiger partial charge in [-0.3, -0.25) is 14.5 Å². The Morgan fingerprint density at radius 3 is 2.83 bits per heavy atom. The summed E-state index contributed by atoms with van der Waals surface area (Å²) in [6, 6.07) is 5.54. The van der Waals surface area contributed by atoms with Crippen molar-refractivity contribution in [2.75, 3.05) is 27.2 Å². The van der Waals surface area contributed by atoms with Crippen molar-refractivity contribution in [2.24, 2.45) is 0 Å². The van der Waals surface area contributed by atoms with Crippen molar-refractivity contribution < 1.29 is 9.63 Å². The molecule has 0 atom stereocenters. The van der Waals surface area contributed by atoms with E-state index >= 15 is 0 Å². The van der Waals surface area contributed by atoms with Crippen LogP contribution in [-0.4, -0.2) is 48.1 Å². The molecular formula is C13H19N3O2. The number of hydrogen-bond donors (Lipinski definition) is 0. The Morgan fingerprint density at radius 1 is 1.44 bits per heavy atom. The molecule has 5 nitrogen and oxygen atoms in total. The van der Waals surface area contributed by atoms with E-state index in [1.165, 1.54) is 25.0 Å². The summed E-state index contributed by atoms with van der Waals surface area (Å²) < 4.78 is 0. The highest BCUT2D eigenvalue weighted by molar-refractivity contribution is 5.91. The van der Waals surface area contributed by atoms with Gasteiger partial charge in [0.25, 0.3) is 5.91 Å². The van der Waals surface area contributed by atoms with Gasteiger partial charge >= 0.3 is 0 Å². The van der Waals surface area contributed by atoms with E-state index in [9.17, 15) is 4.79 Å². The molecule has 98 valence electrons. The Hall–Kier alpha value is -1.46. The Kier molecular flexibility index (Phi) is 4.28. The molecule has 0 aliphatic carbocycles. The van der Waals surface area contributed by atoms with Crippen LogP contribution in [0.2, 0.25) is 0 Å². The molecule has 1 fully saturated rings. The van der Waals surface area contributed by atoms with E-state index in [0.717, 1.165) is 25.3 Å². The fourth-order valence-corrected chi connectivity index (χ4v) is 2.10. The first-order chi connectivity index (χ1) is 8.70. The molecule has 0 aromatic carbocycles. The van der Waals surface area contributed by atoms with Crippen molar-refractivity contribution in [1.82, 2.24) is 14.9 Å². The third kappa shape index (κ3) is 3.05. The zero-order chi connectivity index (χ0) is 13.0. The van der Waals surface area contributed by atoms with Crippen LogP contribution in [0.3, 0.4) is 0 Å². The Balaban J connectivity index is 2.06. The molecule has 18 heavy (non-hydrogen) atoms. The molecule has 5 heteroatoms. The number of nitrogens with zero attached hydrogens (tertiary/aromatic N) is 3. The van der Waals surface area contributed by atoms with Gasteiger partial charge in [-0.15, -0.1) is 0 Å². The first-order valence-corrected chi connectivity index (χ1v) is 6.21. The van der Waals surface area contributed by atoms with Crippen molar-refractivity contribution in [2.45, 2.75) is 19.4 Å². The van der Waals surface area contributed by atoms with Gasteiger partial charge in [0.15, 0.2) is 0 Å². The maximum Gasteiger partial charge on any atom is 0.295 e. The van der Waals surface area contributed by atoms with Gasteiger partial charge < -0.3 is 0 Å². The standard InChI is InChI=1S/C13H19N3O2/c1-15(18-2)13(17)12-7-5-6-11(14-12)10-16-8-3-4-9-16/h5-7H,3-4,8-10H2,1-2H3. The number of carbonyl (C=O) groups is 1. The number of likely N-dealkylation sites (tertiary alicyclic amines) is 1. The number of hydrogen-bond acceptors (Lipinski definition) is 4. The van der Waals surface area contributed by atoms with E-state index in [2.05, 4.69) is 9.88 Å². The lowest BCUT2D eigenvalue weighted by Gasteiger charge is -2.16. The molecule has 1 saturated heterocycles. The summed E-state index contributed by atoms with van der Waals surface area (Å²) in [6.07, 6.45) is 2.51. The van der Waals surface area contributed by atoms with Gasteiger partial charge in [-0.2, -0.15) is 0 Å². The first kappa shape index (κ1) is 13.0. The minimum absolute atomic E-state index is 0.222. The number of pyridine rings is 1. The van der Waals surface area contributed by atoms with E-state index in [1.807, 2.05) is 12.1 Å². The summed E-state index contributed by atoms with van der Waals surface area (Å²) in [5.74, 6) is -0.222. The minimum Gasteiger partial charge on any atom is -0.298 e. The van der Waals surface area contributed by atoms with Gasteiger partial charge in [-0.25, -0.2) is 10.0 Å². The maximum atomic E-state index is 11.9. The van der Waals surface area contributed by atoms with Crippen LogP contribution in [0.1, 0.15) is 29.0 Å². The van der Waals surface area contributed by atoms with Crippen LogP contribution in [0.5, 0.6) is 0 Å². The van der Waals surface area contributed by atoms with Crippen molar-refractivity contribution in [3.63, 3.8) is 0 Å². The van der Waals surface area contributed by atoms with Crippen molar-refractivity contribution in [1.29, 1.82) is 0 Å². The number of aromatic nitrogens is 1. The van der Waals surface area contributed by atoms with Gasteiger partial charge in [0.2, 0.25) is 0 Å². The van der Waals surface area contributed by atoms with E-state index in [1.54, 1.807) is 13.1 Å². The van der Waals surface area contributed by atoms with Crippen molar-refractivity contribution in [3.05, 3.63) is 29.6 Å². The summed E-state index contributed by atoms with van der Waals surface area (Å²) in [5.41, 5.74) is 1.36. The van der Waals surface area contributed by atoms with Gasteiger partial charge in [0.05, 0.1) is 12.8 Å². The molecule has 2 rings (SSSR count). The van der Waals surface area contributed by atoms with Crippen LogP contribution in [0.15, 0.2) is 18.2 Å². The van der Waals surface area contributed by atoms with Crippen LogP contribution in [0.25, 0.3) is 0 Å². The number of rotatable bonds is 4. The predicted octanol–water partition coefficient (Wildman–Crippen LogP) is 1.31. The molecular weight excluding hydrogens is 230 g/mol. The summed E-state index contributed by atoms with van der Waals surface area (Å²) in [6.45, 7) is 3.06. The zero-order valence-corrected chi connectivity index (χ0v) is 10.9. The molecule has 1 aliphatic rings. The highest BCUT2D eigenvalue weighted by atomic mass is 16.7. The van der Waals surface area contributed by atoms with Crippen LogP contribution < -0.4 is 0 Å². The highest BCUT2D eigenvalue weighted by Gasteiger charge is 2.15. The molecule has 1 aromatic heterocycles. The third-order valence-electron chi connectivity index (χ3n) is 3.17. The quantitative estimate of drug-likeness (QED) is 0.755. The molecule has 0 radical (unpaired) electrons. The summed E-state index contributed by atoms with van der Waals surface area (Å²) in [4.78, 5) is 23.5. The first-order valence-electron chi connectivity index (χ1n) is 6.21. The zero-order valence-electron chi connectivity index (χ0n) is 10.9. The monoisotopic (exact) mass is 249 g/mol. The topological polar surface area (TPSA) is 45.7 Å². The Labute approximate surface area is 107 Å². The normalized spacial score (nSPS) is 15.9. The van der Waals surface area contributed by atoms with Gasteiger partial charge in [0.1, 0.15) is 5.69 Å². The largest absolute Gasteiger partial charge is 0.298 e. The van der Waals surface area contributed by atoms with Crippen molar-refractivity contribution >= 4 is 5.91 Å². The Bertz CT molecular complexity index is 416.